The van der Waals surface area contributed by atoms with Crippen LogP contribution in [0.1, 0.15) is 38.2 Å². The van der Waals surface area contributed by atoms with Crippen molar-refractivity contribution in [3.63, 3.8) is 0 Å². The molecule has 160 valence electrons. The van der Waals surface area contributed by atoms with Gasteiger partial charge in [-0.25, -0.2) is 4.99 Å². The number of ether oxygens (including phenoxy) is 2. The summed E-state index contributed by atoms with van der Waals surface area (Å²) in [4.78, 5) is 15.4. The number of hydrogen-bond acceptors (Lipinski definition) is 4. The molecule has 0 unspecified atom stereocenters. The molecular weight excluding hydrogens is 507 g/mol. The van der Waals surface area contributed by atoms with Crippen LogP contribution in [0.25, 0.3) is 0 Å². The second-order valence-electron chi connectivity index (χ2n) is 5.64. The third-order valence-corrected chi connectivity index (χ3v) is 3.80. The fourth-order valence-electron chi connectivity index (χ4n) is 2.27. The standard InChI is InChI=1S/C18H26ClF2N3O3.HI/c1-3-22-18(23-10-6-4-5-7-16(25)26-2)24-12-13-11-14(19)8-9-15(13)27-17(20)21;/h8-9,11,17H,3-7,10,12H2,1-2H3,(H2,22,23,24);1H. The Balaban J connectivity index is 0.00000729. The Morgan fingerprint density at radius 2 is 2.00 bits per heavy atom. The Morgan fingerprint density at radius 3 is 2.64 bits per heavy atom. The third kappa shape index (κ3) is 11.5. The van der Waals surface area contributed by atoms with E-state index in [-0.39, 0.29) is 42.2 Å². The molecule has 0 aromatic heterocycles. The first kappa shape index (κ1) is 26.6. The van der Waals surface area contributed by atoms with Crippen molar-refractivity contribution >= 4 is 47.5 Å². The fraction of sp³-hybridized carbons (Fsp3) is 0.556. The predicted molar refractivity (Wildman–Crippen MR) is 117 cm³/mol. The number of rotatable bonds is 11. The lowest BCUT2D eigenvalue weighted by Gasteiger charge is -2.13. The summed E-state index contributed by atoms with van der Waals surface area (Å²) in [5, 5.41) is 6.68. The number of carbonyl (C=O) groups excluding carboxylic acids is 1. The Hall–Kier alpha value is -1.36. The molecule has 1 aromatic rings. The summed E-state index contributed by atoms with van der Waals surface area (Å²) < 4.78 is 34.1. The molecule has 10 heteroatoms. The lowest BCUT2D eigenvalue weighted by molar-refractivity contribution is -0.140. The zero-order valence-corrected chi connectivity index (χ0v) is 19.1. The molecule has 0 aliphatic heterocycles. The van der Waals surface area contributed by atoms with E-state index in [0.717, 1.165) is 19.3 Å². The summed E-state index contributed by atoms with van der Waals surface area (Å²) in [6.45, 7) is 0.483. The van der Waals surface area contributed by atoms with Gasteiger partial charge < -0.3 is 20.1 Å². The van der Waals surface area contributed by atoms with E-state index < -0.39 is 6.61 Å². The van der Waals surface area contributed by atoms with Crippen LogP contribution in [-0.4, -0.2) is 38.7 Å². The number of benzene rings is 1. The van der Waals surface area contributed by atoms with Gasteiger partial charge in [-0.1, -0.05) is 18.0 Å². The highest BCUT2D eigenvalue weighted by Crippen LogP contribution is 2.25. The number of nitrogens with one attached hydrogen (secondary N) is 2. The van der Waals surface area contributed by atoms with Gasteiger partial charge in [0.15, 0.2) is 5.96 Å². The van der Waals surface area contributed by atoms with Crippen LogP contribution in [0, 0.1) is 0 Å². The predicted octanol–water partition coefficient (Wildman–Crippen LogP) is 4.35. The molecule has 0 aliphatic carbocycles. The normalized spacial score (nSPS) is 11.0. The fourth-order valence-corrected chi connectivity index (χ4v) is 2.46. The van der Waals surface area contributed by atoms with Crippen molar-refractivity contribution in [2.75, 3.05) is 20.2 Å². The molecule has 0 fully saturated rings. The van der Waals surface area contributed by atoms with Crippen LogP contribution < -0.4 is 15.4 Å². The van der Waals surface area contributed by atoms with Gasteiger partial charge >= 0.3 is 12.6 Å². The average molecular weight is 534 g/mol. The van der Waals surface area contributed by atoms with Gasteiger partial charge in [-0.3, -0.25) is 4.79 Å². The number of carbonyl (C=O) groups is 1. The first-order valence-electron chi connectivity index (χ1n) is 8.78. The second kappa shape index (κ2) is 15.5. The van der Waals surface area contributed by atoms with Crippen LogP contribution in [0.5, 0.6) is 5.75 Å². The number of hydrogen-bond donors (Lipinski definition) is 2. The van der Waals surface area contributed by atoms with Crippen molar-refractivity contribution < 1.29 is 23.0 Å². The molecule has 0 amide bonds. The van der Waals surface area contributed by atoms with Gasteiger partial charge in [0, 0.05) is 30.1 Å². The van der Waals surface area contributed by atoms with E-state index in [9.17, 15) is 13.6 Å². The van der Waals surface area contributed by atoms with Crippen molar-refractivity contribution in [2.24, 2.45) is 4.99 Å². The Labute approximate surface area is 186 Å². The van der Waals surface area contributed by atoms with E-state index in [4.69, 9.17) is 11.6 Å². The Kier molecular flexibility index (Phi) is 14.8. The maximum absolute atomic E-state index is 12.5. The molecule has 28 heavy (non-hydrogen) atoms. The van der Waals surface area contributed by atoms with Crippen LogP contribution >= 0.6 is 35.6 Å². The zero-order valence-electron chi connectivity index (χ0n) is 16.0. The van der Waals surface area contributed by atoms with Crippen LogP contribution in [0.15, 0.2) is 23.2 Å². The van der Waals surface area contributed by atoms with Crippen LogP contribution in [0.2, 0.25) is 5.02 Å². The van der Waals surface area contributed by atoms with Gasteiger partial charge in [0.2, 0.25) is 0 Å². The van der Waals surface area contributed by atoms with Crippen molar-refractivity contribution in [3.8, 4) is 5.75 Å². The minimum Gasteiger partial charge on any atom is -0.469 e. The Morgan fingerprint density at radius 1 is 1.25 bits per heavy atom. The molecule has 1 rings (SSSR count). The lowest BCUT2D eigenvalue weighted by atomic mass is 10.2. The third-order valence-electron chi connectivity index (χ3n) is 3.57. The molecular formula is C18H27ClF2IN3O3. The summed E-state index contributed by atoms with van der Waals surface area (Å²) in [5.41, 5.74) is 0.470. The summed E-state index contributed by atoms with van der Waals surface area (Å²) in [6.07, 6.45) is 2.91. The number of alkyl halides is 2. The van der Waals surface area contributed by atoms with Crippen LogP contribution in [0.4, 0.5) is 8.78 Å². The molecule has 0 saturated carbocycles. The van der Waals surface area contributed by atoms with E-state index in [1.54, 1.807) is 6.07 Å². The molecule has 1 aromatic carbocycles. The van der Waals surface area contributed by atoms with Gasteiger partial charge in [-0.15, -0.1) is 24.0 Å². The van der Waals surface area contributed by atoms with Gasteiger partial charge in [-0.05, 0) is 38.0 Å². The maximum Gasteiger partial charge on any atom is 0.387 e. The van der Waals surface area contributed by atoms with E-state index in [1.807, 2.05) is 6.92 Å². The minimum absolute atomic E-state index is 0. The largest absolute Gasteiger partial charge is 0.469 e. The number of nitrogens with zero attached hydrogens (tertiary/aromatic N) is 1. The number of guanidine groups is 1. The molecule has 0 saturated heterocycles. The topological polar surface area (TPSA) is 72.0 Å². The lowest BCUT2D eigenvalue weighted by Crippen LogP contribution is -2.37. The molecule has 0 aliphatic rings. The number of unbranched alkanes of at least 4 members (excludes halogenated alkanes) is 2. The monoisotopic (exact) mass is 533 g/mol. The number of esters is 1. The van der Waals surface area contributed by atoms with Crippen molar-refractivity contribution in [3.05, 3.63) is 28.8 Å². The Bertz CT molecular complexity index is 622. The van der Waals surface area contributed by atoms with Crippen molar-refractivity contribution in [1.29, 1.82) is 0 Å². The second-order valence-corrected chi connectivity index (χ2v) is 6.08. The molecule has 0 heterocycles. The highest BCUT2D eigenvalue weighted by Gasteiger charge is 2.10. The maximum atomic E-state index is 12.5. The van der Waals surface area contributed by atoms with Crippen LogP contribution in [-0.2, 0) is 16.1 Å². The summed E-state index contributed by atoms with van der Waals surface area (Å²) in [6, 6.07) is 4.45. The zero-order chi connectivity index (χ0) is 20.1. The van der Waals surface area contributed by atoms with Gasteiger partial charge in [0.05, 0.1) is 13.7 Å². The van der Waals surface area contributed by atoms with Gasteiger partial charge in [0.1, 0.15) is 5.75 Å². The van der Waals surface area contributed by atoms with E-state index in [2.05, 4.69) is 25.1 Å². The highest BCUT2D eigenvalue weighted by atomic mass is 127. The first-order chi connectivity index (χ1) is 13.0. The minimum atomic E-state index is -2.91. The molecule has 0 bridgehead atoms. The first-order valence-corrected chi connectivity index (χ1v) is 9.16. The number of halogens is 4. The molecule has 2 N–H and O–H groups in total. The molecule has 0 spiro atoms. The molecule has 0 atom stereocenters. The van der Waals surface area contributed by atoms with E-state index >= 15 is 0 Å². The number of methoxy groups -OCH3 is 1. The molecule has 6 nitrogen and oxygen atoms in total. The average Bonchev–Trinajstić information content (AvgIpc) is 2.63. The smallest absolute Gasteiger partial charge is 0.387 e. The number of aliphatic imine (C=N–C) groups is 1. The van der Waals surface area contributed by atoms with Crippen LogP contribution in [0.3, 0.4) is 0 Å². The summed E-state index contributed by atoms with van der Waals surface area (Å²) in [5.74, 6) is 0.409. The quantitative estimate of drug-likeness (QED) is 0.146. The van der Waals surface area contributed by atoms with Crippen molar-refractivity contribution in [1.82, 2.24) is 10.6 Å². The van der Waals surface area contributed by atoms with Gasteiger partial charge in [0.25, 0.3) is 0 Å². The SMILES string of the molecule is CCNC(=NCc1cc(Cl)ccc1OC(F)F)NCCCCCC(=O)OC.I. The van der Waals surface area contributed by atoms with Gasteiger partial charge in [-0.2, -0.15) is 8.78 Å². The highest BCUT2D eigenvalue weighted by molar-refractivity contribution is 14.0. The van der Waals surface area contributed by atoms with E-state index in [0.29, 0.717) is 36.1 Å². The van der Waals surface area contributed by atoms with E-state index in [1.165, 1.54) is 19.2 Å². The van der Waals surface area contributed by atoms with Crippen molar-refractivity contribution in [2.45, 2.75) is 45.8 Å². The summed E-state index contributed by atoms with van der Waals surface area (Å²) in [7, 11) is 1.38. The molecule has 0 radical (unpaired) electrons. The summed E-state index contributed by atoms with van der Waals surface area (Å²) >= 11 is 5.94.